The Balaban J connectivity index is 1.81. The lowest BCUT2D eigenvalue weighted by atomic mass is 9.94. The zero-order valence-corrected chi connectivity index (χ0v) is 16.7. The smallest absolute Gasteiger partial charge is 0.227 e. The molecule has 0 bridgehead atoms. The summed E-state index contributed by atoms with van der Waals surface area (Å²) in [6, 6.07) is 0. The van der Waals surface area contributed by atoms with Crippen molar-refractivity contribution in [3.63, 3.8) is 0 Å². The third-order valence-electron chi connectivity index (χ3n) is 5.22. The summed E-state index contributed by atoms with van der Waals surface area (Å²) in [6.07, 6.45) is 5.36. The highest BCUT2D eigenvalue weighted by Crippen LogP contribution is 2.30. The molecule has 2 aromatic rings. The Morgan fingerprint density at radius 3 is 2.54 bits per heavy atom. The molecule has 0 spiro atoms. The molecule has 0 N–H and O–H groups in total. The summed E-state index contributed by atoms with van der Waals surface area (Å²) in [7, 11) is 1.95. The second-order valence-electron chi connectivity index (χ2n) is 8.38. The van der Waals surface area contributed by atoms with Gasteiger partial charge in [0.1, 0.15) is 0 Å². The van der Waals surface area contributed by atoms with Gasteiger partial charge in [-0.3, -0.25) is 19.4 Å². The van der Waals surface area contributed by atoms with Crippen LogP contribution in [0.5, 0.6) is 0 Å². The number of aromatic nitrogens is 4. The van der Waals surface area contributed by atoms with Gasteiger partial charge in [-0.25, -0.2) is 0 Å². The van der Waals surface area contributed by atoms with Crippen molar-refractivity contribution in [2.75, 3.05) is 13.1 Å². The van der Waals surface area contributed by atoms with E-state index >= 15 is 0 Å². The van der Waals surface area contributed by atoms with Crippen LogP contribution in [0.15, 0.2) is 12.4 Å². The molecule has 1 aliphatic rings. The maximum Gasteiger partial charge on any atom is 0.227 e. The van der Waals surface area contributed by atoms with Gasteiger partial charge in [-0.05, 0) is 32.6 Å². The van der Waals surface area contributed by atoms with Crippen molar-refractivity contribution in [1.29, 1.82) is 0 Å². The molecule has 3 rings (SSSR count). The van der Waals surface area contributed by atoms with E-state index in [1.165, 1.54) is 0 Å². The van der Waals surface area contributed by atoms with E-state index in [9.17, 15) is 4.79 Å². The molecule has 1 atom stereocenters. The topological polar surface area (TPSA) is 63.9 Å². The van der Waals surface area contributed by atoms with Crippen LogP contribution in [0.3, 0.4) is 0 Å². The molecule has 0 aromatic carbocycles. The molecule has 6 heteroatoms. The van der Waals surface area contributed by atoms with E-state index in [-0.39, 0.29) is 11.3 Å². The van der Waals surface area contributed by atoms with E-state index < -0.39 is 0 Å². The van der Waals surface area contributed by atoms with Crippen molar-refractivity contribution in [2.45, 2.75) is 47.5 Å². The summed E-state index contributed by atoms with van der Waals surface area (Å²) in [5.74, 6) is 0.660. The van der Waals surface area contributed by atoms with Gasteiger partial charge in [-0.2, -0.15) is 5.10 Å². The average molecular weight is 355 g/mol. The van der Waals surface area contributed by atoms with E-state index in [1.807, 2.05) is 44.3 Å². The number of aryl methyl sites for hydroxylation is 2. The van der Waals surface area contributed by atoms with Crippen LogP contribution in [0.25, 0.3) is 11.3 Å². The fourth-order valence-corrected chi connectivity index (χ4v) is 3.77. The molecular weight excluding hydrogens is 326 g/mol. The van der Waals surface area contributed by atoms with E-state index in [0.717, 1.165) is 54.3 Å². The Morgan fingerprint density at radius 1 is 1.23 bits per heavy atom. The fourth-order valence-electron chi connectivity index (χ4n) is 3.77. The molecule has 1 saturated heterocycles. The molecule has 0 unspecified atom stereocenters. The van der Waals surface area contributed by atoms with Gasteiger partial charge in [-0.15, -0.1) is 0 Å². The van der Waals surface area contributed by atoms with Crippen molar-refractivity contribution in [3.05, 3.63) is 29.5 Å². The first-order valence-electron chi connectivity index (χ1n) is 9.28. The summed E-state index contributed by atoms with van der Waals surface area (Å²) in [4.78, 5) is 23.8. The summed E-state index contributed by atoms with van der Waals surface area (Å²) in [5, 5.41) is 4.52. The predicted molar refractivity (Wildman–Crippen MR) is 102 cm³/mol. The molecule has 0 aliphatic carbocycles. The zero-order chi connectivity index (χ0) is 19.1. The van der Waals surface area contributed by atoms with Gasteiger partial charge < -0.3 is 4.90 Å². The SMILES string of the molecule is Cc1nn(C)c(C)c1-c1nccnc1C[C@H]1CCN(C(=O)C(C)(C)C)C1. The van der Waals surface area contributed by atoms with Crippen LogP contribution in [0.4, 0.5) is 0 Å². The lowest BCUT2D eigenvalue weighted by Crippen LogP contribution is -2.38. The minimum Gasteiger partial charge on any atom is -0.342 e. The van der Waals surface area contributed by atoms with Crippen LogP contribution in [0.1, 0.15) is 44.3 Å². The molecule has 2 aromatic heterocycles. The number of rotatable bonds is 3. The standard InChI is InChI=1S/C20H29N5O/c1-13-17(14(2)24(6)23-13)18-16(21-8-9-22-18)11-15-7-10-25(12-15)19(26)20(3,4)5/h8-9,15H,7,10-12H2,1-6H3/t15-/m1/s1. The molecule has 26 heavy (non-hydrogen) atoms. The number of carbonyl (C=O) groups excluding carboxylic acids is 1. The van der Waals surface area contributed by atoms with Crippen molar-refractivity contribution in [1.82, 2.24) is 24.6 Å². The number of nitrogens with zero attached hydrogens (tertiary/aromatic N) is 5. The molecule has 3 heterocycles. The van der Waals surface area contributed by atoms with Crippen LogP contribution in [-0.2, 0) is 18.3 Å². The van der Waals surface area contributed by atoms with Gasteiger partial charge in [0.15, 0.2) is 0 Å². The van der Waals surface area contributed by atoms with Gasteiger partial charge in [0.2, 0.25) is 5.91 Å². The van der Waals surface area contributed by atoms with E-state index in [0.29, 0.717) is 5.92 Å². The van der Waals surface area contributed by atoms with Crippen LogP contribution >= 0.6 is 0 Å². The molecule has 0 radical (unpaired) electrons. The summed E-state index contributed by atoms with van der Waals surface area (Å²) < 4.78 is 1.89. The lowest BCUT2D eigenvalue weighted by molar-refractivity contribution is -0.138. The van der Waals surface area contributed by atoms with E-state index in [4.69, 9.17) is 0 Å². The molecular formula is C20H29N5O. The minimum absolute atomic E-state index is 0.235. The highest BCUT2D eigenvalue weighted by atomic mass is 16.2. The third-order valence-corrected chi connectivity index (χ3v) is 5.22. The Kier molecular flexibility index (Phi) is 4.86. The van der Waals surface area contributed by atoms with Gasteiger partial charge in [0.05, 0.1) is 17.1 Å². The normalized spacial score (nSPS) is 17.8. The number of hydrogen-bond donors (Lipinski definition) is 0. The third kappa shape index (κ3) is 3.50. The zero-order valence-electron chi connectivity index (χ0n) is 16.7. The first kappa shape index (κ1) is 18.5. The number of hydrogen-bond acceptors (Lipinski definition) is 4. The Hall–Kier alpha value is -2.24. The Morgan fingerprint density at radius 2 is 1.92 bits per heavy atom. The quantitative estimate of drug-likeness (QED) is 0.849. The fraction of sp³-hybridized carbons (Fsp3) is 0.600. The first-order chi connectivity index (χ1) is 12.2. The highest BCUT2D eigenvalue weighted by Gasteiger charge is 2.33. The number of amides is 1. The Bertz CT molecular complexity index is 818. The highest BCUT2D eigenvalue weighted by molar-refractivity contribution is 5.81. The molecule has 1 aliphatic heterocycles. The largest absolute Gasteiger partial charge is 0.342 e. The van der Waals surface area contributed by atoms with Crippen LogP contribution < -0.4 is 0 Å². The maximum absolute atomic E-state index is 12.5. The lowest BCUT2D eigenvalue weighted by Gasteiger charge is -2.25. The minimum atomic E-state index is -0.323. The average Bonchev–Trinajstić information content (AvgIpc) is 3.12. The van der Waals surface area contributed by atoms with E-state index in [1.54, 1.807) is 12.4 Å². The van der Waals surface area contributed by atoms with Crippen molar-refractivity contribution >= 4 is 5.91 Å². The Labute approximate surface area is 155 Å². The summed E-state index contributed by atoms with van der Waals surface area (Å²) in [5.41, 5.74) is 4.76. The van der Waals surface area contributed by atoms with Gasteiger partial charge in [-0.1, -0.05) is 20.8 Å². The van der Waals surface area contributed by atoms with Crippen LogP contribution in [0.2, 0.25) is 0 Å². The predicted octanol–water partition coefficient (Wildman–Crippen LogP) is 2.93. The summed E-state index contributed by atoms with van der Waals surface area (Å²) in [6.45, 7) is 11.7. The second-order valence-corrected chi connectivity index (χ2v) is 8.38. The monoisotopic (exact) mass is 355 g/mol. The van der Waals surface area contributed by atoms with Crippen molar-refractivity contribution < 1.29 is 4.79 Å². The van der Waals surface area contributed by atoms with Crippen LogP contribution in [0, 0.1) is 25.2 Å². The van der Waals surface area contributed by atoms with Gasteiger partial charge in [0.25, 0.3) is 0 Å². The van der Waals surface area contributed by atoms with Crippen LogP contribution in [-0.4, -0.2) is 43.6 Å². The van der Waals surface area contributed by atoms with E-state index in [2.05, 4.69) is 22.0 Å². The molecule has 140 valence electrons. The second kappa shape index (κ2) is 6.82. The van der Waals surface area contributed by atoms with Crippen molar-refractivity contribution in [3.8, 4) is 11.3 Å². The molecule has 0 saturated carbocycles. The summed E-state index contributed by atoms with van der Waals surface area (Å²) >= 11 is 0. The first-order valence-corrected chi connectivity index (χ1v) is 9.28. The van der Waals surface area contributed by atoms with Crippen molar-refractivity contribution in [2.24, 2.45) is 18.4 Å². The van der Waals surface area contributed by atoms with Gasteiger partial charge in [0, 0.05) is 49.2 Å². The maximum atomic E-state index is 12.5. The molecule has 1 amide bonds. The molecule has 1 fully saturated rings. The number of carbonyl (C=O) groups is 1. The van der Waals surface area contributed by atoms with Gasteiger partial charge >= 0.3 is 0 Å². The number of likely N-dealkylation sites (tertiary alicyclic amines) is 1. The molecule has 6 nitrogen and oxygen atoms in total.